The van der Waals surface area contributed by atoms with Gasteiger partial charge in [0, 0.05) is 25.1 Å². The van der Waals surface area contributed by atoms with E-state index < -0.39 is 5.95 Å². The molecule has 0 aliphatic heterocycles. The van der Waals surface area contributed by atoms with Gasteiger partial charge in [-0.25, -0.2) is 4.98 Å². The molecule has 1 aromatic rings. The van der Waals surface area contributed by atoms with E-state index in [9.17, 15) is 4.39 Å². The molecule has 0 saturated heterocycles. The lowest BCUT2D eigenvalue weighted by Crippen LogP contribution is -2.37. The number of ether oxygens (including phenoxy) is 1. The van der Waals surface area contributed by atoms with E-state index in [4.69, 9.17) is 9.84 Å². The molecule has 0 radical (unpaired) electrons. The molecule has 1 N–H and O–H groups in total. The largest absolute Gasteiger partial charge is 0.490 e. The van der Waals surface area contributed by atoms with Crippen LogP contribution in [0.15, 0.2) is 18.3 Å². The quantitative estimate of drug-likeness (QED) is 0.699. The maximum atomic E-state index is 12.6. The lowest BCUT2D eigenvalue weighted by atomic mass is 9.92. The van der Waals surface area contributed by atoms with Crippen molar-refractivity contribution < 1.29 is 14.2 Å². The highest BCUT2D eigenvalue weighted by atomic mass is 19.1. The van der Waals surface area contributed by atoms with Crippen LogP contribution in [0.3, 0.4) is 0 Å². The Hall–Kier alpha value is -1.16. The topological polar surface area (TPSA) is 42.4 Å². The molecule has 0 spiro atoms. The zero-order valence-corrected chi connectivity index (χ0v) is 6.98. The number of aliphatic hydroxyl groups is 1. The van der Waals surface area contributed by atoms with Gasteiger partial charge in [0.05, 0.1) is 6.10 Å². The summed E-state index contributed by atoms with van der Waals surface area (Å²) in [5.41, 5.74) is 0. The molecule has 13 heavy (non-hydrogen) atoms. The maximum Gasteiger partial charge on any atom is 0.216 e. The number of aliphatic hydroxyl groups excluding tert-OH is 1. The van der Waals surface area contributed by atoms with Gasteiger partial charge in [-0.15, -0.1) is 0 Å². The summed E-state index contributed by atoms with van der Waals surface area (Å²) in [6.45, 7) is 0. The first-order chi connectivity index (χ1) is 6.24. The molecule has 1 heterocycles. The van der Waals surface area contributed by atoms with E-state index in [0.29, 0.717) is 18.6 Å². The van der Waals surface area contributed by atoms with E-state index in [1.807, 2.05) is 0 Å². The molecule has 1 aliphatic rings. The standard InChI is InChI=1S/C9H10FNO2/c10-9-5-7(1-2-11-9)13-8-3-6(12)4-8/h1-2,5-6,8,12H,3-4H2. The van der Waals surface area contributed by atoms with Crippen LogP contribution >= 0.6 is 0 Å². The Kier molecular flexibility index (Phi) is 2.14. The molecule has 1 aromatic heterocycles. The van der Waals surface area contributed by atoms with Crippen LogP contribution in [0.1, 0.15) is 12.8 Å². The molecule has 0 atom stereocenters. The Balaban J connectivity index is 1.94. The van der Waals surface area contributed by atoms with E-state index in [-0.39, 0.29) is 12.2 Å². The van der Waals surface area contributed by atoms with Crippen molar-refractivity contribution in [3.8, 4) is 5.75 Å². The van der Waals surface area contributed by atoms with Gasteiger partial charge < -0.3 is 9.84 Å². The monoisotopic (exact) mass is 183 g/mol. The molecule has 2 rings (SSSR count). The number of hydrogen-bond acceptors (Lipinski definition) is 3. The van der Waals surface area contributed by atoms with Crippen molar-refractivity contribution >= 4 is 0 Å². The van der Waals surface area contributed by atoms with Crippen molar-refractivity contribution in [3.63, 3.8) is 0 Å². The highest BCUT2D eigenvalue weighted by molar-refractivity contribution is 5.18. The molecule has 3 nitrogen and oxygen atoms in total. The molecule has 1 saturated carbocycles. The molecule has 0 amide bonds. The summed E-state index contributed by atoms with van der Waals surface area (Å²) < 4.78 is 17.9. The van der Waals surface area contributed by atoms with Gasteiger partial charge in [-0.1, -0.05) is 0 Å². The Bertz CT molecular complexity index is 299. The molecular formula is C9H10FNO2. The van der Waals surface area contributed by atoms with Gasteiger partial charge in [0.1, 0.15) is 11.9 Å². The fourth-order valence-electron chi connectivity index (χ4n) is 1.28. The molecule has 1 fully saturated rings. The summed E-state index contributed by atoms with van der Waals surface area (Å²) >= 11 is 0. The van der Waals surface area contributed by atoms with E-state index in [0.717, 1.165) is 0 Å². The minimum Gasteiger partial charge on any atom is -0.490 e. The van der Waals surface area contributed by atoms with Gasteiger partial charge in [0.25, 0.3) is 0 Å². The first kappa shape index (κ1) is 8.44. The molecule has 4 heteroatoms. The lowest BCUT2D eigenvalue weighted by Gasteiger charge is -2.31. The van der Waals surface area contributed by atoms with Crippen molar-refractivity contribution in [1.82, 2.24) is 4.98 Å². The molecule has 1 aliphatic carbocycles. The van der Waals surface area contributed by atoms with Gasteiger partial charge >= 0.3 is 0 Å². The smallest absolute Gasteiger partial charge is 0.216 e. The van der Waals surface area contributed by atoms with Crippen LogP contribution in [0.25, 0.3) is 0 Å². The van der Waals surface area contributed by atoms with Crippen LogP contribution in [0.5, 0.6) is 5.75 Å². The van der Waals surface area contributed by atoms with Gasteiger partial charge in [0.15, 0.2) is 0 Å². The SMILES string of the molecule is OC1CC(Oc2ccnc(F)c2)C1. The summed E-state index contributed by atoms with van der Waals surface area (Å²) in [5, 5.41) is 8.98. The normalized spacial score (nSPS) is 26.6. The van der Waals surface area contributed by atoms with Crippen molar-refractivity contribution in [1.29, 1.82) is 0 Å². The predicted molar refractivity (Wildman–Crippen MR) is 43.9 cm³/mol. The second kappa shape index (κ2) is 3.30. The Labute approximate surface area is 75.2 Å². The summed E-state index contributed by atoms with van der Waals surface area (Å²) in [7, 11) is 0. The van der Waals surface area contributed by atoms with Gasteiger partial charge in [-0.05, 0) is 6.07 Å². The molecule has 0 aromatic carbocycles. The fourth-order valence-corrected chi connectivity index (χ4v) is 1.28. The third kappa shape index (κ3) is 1.95. The van der Waals surface area contributed by atoms with E-state index in [1.54, 1.807) is 6.07 Å². The zero-order valence-electron chi connectivity index (χ0n) is 6.98. The van der Waals surface area contributed by atoms with E-state index in [1.165, 1.54) is 12.3 Å². The second-order valence-corrected chi connectivity index (χ2v) is 3.18. The highest BCUT2D eigenvalue weighted by Crippen LogP contribution is 2.25. The average molecular weight is 183 g/mol. The molecule has 70 valence electrons. The van der Waals surface area contributed by atoms with Crippen LogP contribution in [0.2, 0.25) is 0 Å². The second-order valence-electron chi connectivity index (χ2n) is 3.18. The van der Waals surface area contributed by atoms with Gasteiger partial charge in [-0.2, -0.15) is 4.39 Å². The van der Waals surface area contributed by atoms with E-state index >= 15 is 0 Å². The van der Waals surface area contributed by atoms with Crippen molar-refractivity contribution in [2.45, 2.75) is 25.0 Å². The summed E-state index contributed by atoms with van der Waals surface area (Å²) in [6, 6.07) is 2.85. The number of pyridine rings is 1. The first-order valence-electron chi connectivity index (χ1n) is 4.20. The van der Waals surface area contributed by atoms with E-state index in [2.05, 4.69) is 4.98 Å². The van der Waals surface area contributed by atoms with Crippen LogP contribution < -0.4 is 4.74 Å². The van der Waals surface area contributed by atoms with Gasteiger partial charge in [-0.3, -0.25) is 0 Å². The molecule has 0 unspecified atom stereocenters. The average Bonchev–Trinajstić information content (AvgIpc) is 2.01. The number of nitrogens with zero attached hydrogens (tertiary/aromatic N) is 1. The van der Waals surface area contributed by atoms with Crippen LogP contribution in [-0.4, -0.2) is 22.3 Å². The summed E-state index contributed by atoms with van der Waals surface area (Å²) in [5.74, 6) is -0.0678. The number of halogens is 1. The maximum absolute atomic E-state index is 12.6. The summed E-state index contributed by atoms with van der Waals surface area (Å²) in [6.07, 6.45) is 2.39. The Morgan fingerprint density at radius 1 is 1.54 bits per heavy atom. The molecule has 0 bridgehead atoms. The summed E-state index contributed by atoms with van der Waals surface area (Å²) in [4.78, 5) is 3.41. The highest BCUT2D eigenvalue weighted by Gasteiger charge is 2.28. The lowest BCUT2D eigenvalue weighted by molar-refractivity contribution is -0.0109. The number of aromatic nitrogens is 1. The fraction of sp³-hybridized carbons (Fsp3) is 0.444. The Morgan fingerprint density at radius 2 is 2.31 bits per heavy atom. The minimum absolute atomic E-state index is 0.0248. The Morgan fingerprint density at radius 3 is 2.92 bits per heavy atom. The van der Waals surface area contributed by atoms with Crippen LogP contribution in [0.4, 0.5) is 4.39 Å². The number of hydrogen-bond donors (Lipinski definition) is 1. The van der Waals surface area contributed by atoms with Crippen molar-refractivity contribution in [3.05, 3.63) is 24.3 Å². The molecular weight excluding hydrogens is 173 g/mol. The van der Waals surface area contributed by atoms with Crippen molar-refractivity contribution in [2.24, 2.45) is 0 Å². The first-order valence-corrected chi connectivity index (χ1v) is 4.20. The minimum atomic E-state index is -0.544. The third-order valence-corrected chi connectivity index (χ3v) is 2.07. The number of rotatable bonds is 2. The van der Waals surface area contributed by atoms with Gasteiger partial charge in [0.2, 0.25) is 5.95 Å². The van der Waals surface area contributed by atoms with Crippen molar-refractivity contribution in [2.75, 3.05) is 0 Å². The third-order valence-electron chi connectivity index (χ3n) is 2.07. The van der Waals surface area contributed by atoms with Crippen LogP contribution in [0, 0.1) is 5.95 Å². The van der Waals surface area contributed by atoms with Crippen LogP contribution in [-0.2, 0) is 0 Å². The predicted octanol–water partition coefficient (Wildman–Crippen LogP) is 1.12. The zero-order chi connectivity index (χ0) is 9.26.